The van der Waals surface area contributed by atoms with E-state index in [1.165, 1.54) is 0 Å². The van der Waals surface area contributed by atoms with Crippen LogP contribution in [-0.2, 0) is 19.1 Å². The fourth-order valence-corrected chi connectivity index (χ4v) is 7.19. The van der Waals surface area contributed by atoms with Gasteiger partial charge in [-0.05, 0) is 67.7 Å². The molecule has 2 aromatic rings. The summed E-state index contributed by atoms with van der Waals surface area (Å²) in [4.78, 5) is 59.7. The number of nitrogens with zero attached hydrogens (tertiary/aromatic N) is 3. The third kappa shape index (κ3) is 8.21. The van der Waals surface area contributed by atoms with Crippen LogP contribution in [0.4, 0.5) is 4.79 Å². The van der Waals surface area contributed by atoms with Crippen molar-refractivity contribution in [2.75, 3.05) is 27.7 Å². The number of alkyl carbamates (subject to hydrolysis) is 1. The number of nitrogens with one attached hydrogen (secondary N) is 1. The normalized spacial score (nSPS) is 17.0. The maximum absolute atomic E-state index is 14.3. The molecule has 2 aromatic carbocycles. The molecule has 4 atom stereocenters. The summed E-state index contributed by atoms with van der Waals surface area (Å²) >= 11 is 0. The van der Waals surface area contributed by atoms with Gasteiger partial charge in [-0.25, -0.2) is 4.79 Å². The van der Waals surface area contributed by atoms with Crippen molar-refractivity contribution in [1.82, 2.24) is 20.0 Å². The fourth-order valence-electron chi connectivity index (χ4n) is 7.19. The Morgan fingerprint density at radius 2 is 1.35 bits per heavy atom. The van der Waals surface area contributed by atoms with E-state index in [2.05, 4.69) is 29.6 Å². The second-order valence-electron chi connectivity index (χ2n) is 14.2. The van der Waals surface area contributed by atoms with Crippen LogP contribution >= 0.6 is 0 Å². The van der Waals surface area contributed by atoms with Gasteiger partial charge in [0.1, 0.15) is 18.7 Å². The second-order valence-corrected chi connectivity index (χ2v) is 14.2. The van der Waals surface area contributed by atoms with Gasteiger partial charge in [0.15, 0.2) is 0 Å². The van der Waals surface area contributed by atoms with Gasteiger partial charge >= 0.3 is 6.09 Å². The number of carbonyl (C=O) groups is 4. The molecule has 2 aliphatic rings. The molecule has 0 heterocycles. The topological polar surface area (TPSA) is 99.3 Å². The second kappa shape index (κ2) is 16.5. The highest BCUT2D eigenvalue weighted by Gasteiger charge is 2.41. The van der Waals surface area contributed by atoms with E-state index in [4.69, 9.17) is 4.74 Å². The standard InChI is InChI=1S/C39H56N4O5/c1-9-26(4)35(40-39(47)48-24-33-31-21-15-13-19-29(31)30-20-14-16-22-32(30)33)37(45)43(8)36(28-17-11-10-12-18-28)38(46)42(7)27(5)23-34(44)41(6)25(2)3/h13-16,19-22,25-28,33,35-36H,9-12,17-18,23-24H2,1-8H3,(H,40,47)/t26-,27+,35-,36-/m0/s1. The van der Waals surface area contributed by atoms with Gasteiger partial charge in [0, 0.05) is 45.6 Å². The summed E-state index contributed by atoms with van der Waals surface area (Å²) in [6, 6.07) is 14.5. The Balaban J connectivity index is 1.49. The van der Waals surface area contributed by atoms with Crippen LogP contribution in [0.3, 0.4) is 0 Å². The van der Waals surface area contributed by atoms with Gasteiger partial charge in [0.25, 0.3) is 0 Å². The molecular weight excluding hydrogens is 604 g/mol. The summed E-state index contributed by atoms with van der Waals surface area (Å²) in [5.74, 6) is -0.798. The van der Waals surface area contributed by atoms with Crippen molar-refractivity contribution in [3.8, 4) is 11.1 Å². The first-order chi connectivity index (χ1) is 22.9. The summed E-state index contributed by atoms with van der Waals surface area (Å²) in [5.41, 5.74) is 4.52. The minimum atomic E-state index is -0.862. The highest BCUT2D eigenvalue weighted by atomic mass is 16.5. The predicted octanol–water partition coefficient (Wildman–Crippen LogP) is 6.45. The van der Waals surface area contributed by atoms with Crippen LogP contribution in [0.2, 0.25) is 0 Å². The van der Waals surface area contributed by atoms with Crippen LogP contribution in [0.25, 0.3) is 11.1 Å². The SMILES string of the molecule is CC[C@H](C)[C@H](NC(=O)OCC1c2ccccc2-c2ccccc21)C(=O)N(C)[C@H](C(=O)N(C)[C@H](C)CC(=O)N(C)C(C)C)C1CCCCC1. The van der Waals surface area contributed by atoms with E-state index in [0.29, 0.717) is 6.42 Å². The van der Waals surface area contributed by atoms with Gasteiger partial charge in [-0.15, -0.1) is 0 Å². The van der Waals surface area contributed by atoms with E-state index in [1.807, 2.05) is 58.9 Å². The Bertz CT molecular complexity index is 1390. The van der Waals surface area contributed by atoms with Crippen molar-refractivity contribution >= 4 is 23.8 Å². The highest BCUT2D eigenvalue weighted by Crippen LogP contribution is 2.44. The van der Waals surface area contributed by atoms with Gasteiger partial charge in [-0.1, -0.05) is 88.1 Å². The largest absolute Gasteiger partial charge is 0.449 e. The number of amides is 4. The lowest BCUT2D eigenvalue weighted by molar-refractivity contribution is -0.150. The molecule has 0 radical (unpaired) electrons. The Labute approximate surface area is 287 Å². The van der Waals surface area contributed by atoms with E-state index in [9.17, 15) is 19.2 Å². The molecule has 1 saturated carbocycles. The molecular formula is C39H56N4O5. The van der Waals surface area contributed by atoms with Gasteiger partial charge in [-0.2, -0.15) is 0 Å². The van der Waals surface area contributed by atoms with Crippen LogP contribution in [0.5, 0.6) is 0 Å². The molecule has 2 aliphatic carbocycles. The fraction of sp³-hybridized carbons (Fsp3) is 0.590. The monoisotopic (exact) mass is 660 g/mol. The third-order valence-electron chi connectivity index (χ3n) is 10.9. The van der Waals surface area contributed by atoms with Crippen LogP contribution in [0.1, 0.15) is 96.6 Å². The average molecular weight is 661 g/mol. The average Bonchev–Trinajstić information content (AvgIpc) is 3.42. The molecule has 0 bridgehead atoms. The molecule has 262 valence electrons. The smallest absolute Gasteiger partial charge is 0.407 e. The summed E-state index contributed by atoms with van der Waals surface area (Å²) in [7, 11) is 5.19. The van der Waals surface area contributed by atoms with Crippen LogP contribution in [0.15, 0.2) is 48.5 Å². The van der Waals surface area contributed by atoms with E-state index < -0.39 is 18.2 Å². The molecule has 4 amide bonds. The van der Waals surface area contributed by atoms with Crippen molar-refractivity contribution in [3.05, 3.63) is 59.7 Å². The molecule has 0 aliphatic heterocycles. The first-order valence-electron chi connectivity index (χ1n) is 17.8. The van der Waals surface area contributed by atoms with Crippen molar-refractivity contribution in [3.63, 3.8) is 0 Å². The quantitative estimate of drug-likeness (QED) is 0.266. The van der Waals surface area contributed by atoms with Crippen LogP contribution in [0, 0.1) is 11.8 Å². The number of fused-ring (bicyclic) bond motifs is 3. The minimum absolute atomic E-state index is 0.00377. The zero-order valence-electron chi connectivity index (χ0n) is 30.2. The lowest BCUT2D eigenvalue weighted by Gasteiger charge is -2.41. The van der Waals surface area contributed by atoms with Gasteiger partial charge in [0.2, 0.25) is 17.7 Å². The summed E-state index contributed by atoms with van der Waals surface area (Å²) in [6.45, 7) is 9.86. The van der Waals surface area contributed by atoms with Crippen molar-refractivity contribution in [1.29, 1.82) is 0 Å². The Morgan fingerprint density at radius 3 is 1.90 bits per heavy atom. The summed E-state index contributed by atoms with van der Waals surface area (Å²) in [6.07, 6.45) is 5.00. The number of likely N-dealkylation sites (N-methyl/N-ethyl adjacent to an activating group) is 2. The molecule has 1 N–H and O–H groups in total. The molecule has 0 spiro atoms. The van der Waals surface area contributed by atoms with Crippen molar-refractivity contribution in [2.45, 2.75) is 110 Å². The number of hydrogen-bond donors (Lipinski definition) is 1. The van der Waals surface area contributed by atoms with E-state index in [0.717, 1.165) is 54.4 Å². The van der Waals surface area contributed by atoms with Gasteiger partial charge < -0.3 is 24.8 Å². The predicted molar refractivity (Wildman–Crippen MR) is 189 cm³/mol. The molecule has 48 heavy (non-hydrogen) atoms. The van der Waals surface area contributed by atoms with E-state index >= 15 is 0 Å². The first-order valence-corrected chi connectivity index (χ1v) is 17.8. The Morgan fingerprint density at radius 1 is 0.792 bits per heavy atom. The lowest BCUT2D eigenvalue weighted by Crippen LogP contribution is -2.59. The third-order valence-corrected chi connectivity index (χ3v) is 10.9. The Kier molecular flexibility index (Phi) is 12.7. The number of hydrogen-bond acceptors (Lipinski definition) is 5. The number of rotatable bonds is 13. The molecule has 9 nitrogen and oxygen atoms in total. The maximum Gasteiger partial charge on any atom is 0.407 e. The Hall–Kier alpha value is -3.88. The summed E-state index contributed by atoms with van der Waals surface area (Å²) in [5, 5.41) is 2.89. The zero-order valence-corrected chi connectivity index (χ0v) is 30.2. The molecule has 1 fully saturated rings. The van der Waals surface area contributed by atoms with E-state index in [1.54, 1.807) is 35.8 Å². The zero-order chi connectivity index (χ0) is 35.1. The molecule has 4 rings (SSSR count). The van der Waals surface area contributed by atoms with Gasteiger partial charge in [0.05, 0.1) is 0 Å². The summed E-state index contributed by atoms with van der Waals surface area (Å²) < 4.78 is 5.83. The molecule has 0 aromatic heterocycles. The lowest BCUT2D eigenvalue weighted by atomic mass is 9.82. The molecule has 0 unspecified atom stereocenters. The van der Waals surface area contributed by atoms with Crippen molar-refractivity contribution < 1.29 is 23.9 Å². The van der Waals surface area contributed by atoms with Crippen LogP contribution in [-0.4, -0.2) is 90.4 Å². The first kappa shape index (κ1) is 36.9. The molecule has 9 heteroatoms. The van der Waals surface area contributed by atoms with E-state index in [-0.39, 0.29) is 60.6 Å². The molecule has 0 saturated heterocycles. The number of benzene rings is 2. The number of carbonyl (C=O) groups excluding carboxylic acids is 4. The minimum Gasteiger partial charge on any atom is -0.449 e. The number of ether oxygens (including phenoxy) is 1. The van der Waals surface area contributed by atoms with Gasteiger partial charge in [-0.3, -0.25) is 14.4 Å². The maximum atomic E-state index is 14.3. The highest BCUT2D eigenvalue weighted by molar-refractivity contribution is 5.92. The van der Waals surface area contributed by atoms with Crippen molar-refractivity contribution in [2.24, 2.45) is 11.8 Å². The van der Waals surface area contributed by atoms with Crippen LogP contribution < -0.4 is 5.32 Å².